The molecule has 1 saturated heterocycles. The Labute approximate surface area is 144 Å². The molecule has 0 N–H and O–H groups in total. The average Bonchev–Trinajstić information content (AvgIpc) is 2.58. The lowest BCUT2D eigenvalue weighted by molar-refractivity contribution is -0.165. The van der Waals surface area contributed by atoms with E-state index in [4.69, 9.17) is 14.2 Å². The molecule has 2 unspecified atom stereocenters. The van der Waals surface area contributed by atoms with E-state index < -0.39 is 11.9 Å². The van der Waals surface area contributed by atoms with Gasteiger partial charge in [0, 0.05) is 25.2 Å². The smallest absolute Gasteiger partial charge is 0.331 e. The standard InChI is InChI=1S/C18H29NO5/c1-2-6-15-16(24-18(21)9-8-17(20)23-15)7-4-3-5-10-19-11-13-22-14-12-19/h8-9,15-16H,2-7,10-14H2,1H3/b9-8+. The first-order chi connectivity index (χ1) is 11.7. The van der Waals surface area contributed by atoms with Crippen molar-refractivity contribution in [1.29, 1.82) is 0 Å². The van der Waals surface area contributed by atoms with Gasteiger partial charge in [0.25, 0.3) is 0 Å². The van der Waals surface area contributed by atoms with Crippen LogP contribution in [0.5, 0.6) is 0 Å². The number of hydrogen-bond acceptors (Lipinski definition) is 6. The topological polar surface area (TPSA) is 65.1 Å². The molecule has 0 aromatic carbocycles. The number of hydrogen-bond donors (Lipinski definition) is 0. The Morgan fingerprint density at radius 1 is 0.958 bits per heavy atom. The molecular formula is C18H29NO5. The van der Waals surface area contributed by atoms with Crippen molar-refractivity contribution >= 4 is 11.9 Å². The van der Waals surface area contributed by atoms with Crippen LogP contribution in [0.2, 0.25) is 0 Å². The molecule has 0 aliphatic carbocycles. The molecule has 0 saturated carbocycles. The molecule has 2 aliphatic rings. The lowest BCUT2D eigenvalue weighted by Crippen LogP contribution is -2.37. The van der Waals surface area contributed by atoms with Gasteiger partial charge in [0.2, 0.25) is 0 Å². The van der Waals surface area contributed by atoms with E-state index in [1.807, 2.05) is 6.92 Å². The highest BCUT2D eigenvalue weighted by Gasteiger charge is 2.28. The number of ether oxygens (including phenoxy) is 3. The molecule has 0 amide bonds. The van der Waals surface area contributed by atoms with Crippen LogP contribution < -0.4 is 0 Å². The van der Waals surface area contributed by atoms with E-state index in [1.54, 1.807) is 0 Å². The van der Waals surface area contributed by atoms with E-state index in [2.05, 4.69) is 4.90 Å². The molecule has 0 aromatic rings. The minimum absolute atomic E-state index is 0.337. The zero-order valence-electron chi connectivity index (χ0n) is 14.6. The van der Waals surface area contributed by atoms with Crippen LogP contribution in [0.1, 0.15) is 45.4 Å². The summed E-state index contributed by atoms with van der Waals surface area (Å²) in [4.78, 5) is 25.8. The van der Waals surface area contributed by atoms with Crippen molar-refractivity contribution in [1.82, 2.24) is 4.90 Å². The van der Waals surface area contributed by atoms with E-state index in [1.165, 1.54) is 0 Å². The number of rotatable bonds is 8. The Hall–Kier alpha value is -1.40. The first-order valence-corrected chi connectivity index (χ1v) is 9.08. The molecule has 2 atom stereocenters. The Morgan fingerprint density at radius 3 is 2.21 bits per heavy atom. The highest BCUT2D eigenvalue weighted by atomic mass is 16.6. The largest absolute Gasteiger partial charge is 0.455 e. The summed E-state index contributed by atoms with van der Waals surface area (Å²) in [6, 6.07) is 0. The maximum Gasteiger partial charge on any atom is 0.331 e. The van der Waals surface area contributed by atoms with Gasteiger partial charge in [-0.25, -0.2) is 9.59 Å². The van der Waals surface area contributed by atoms with Gasteiger partial charge in [-0.05, 0) is 32.2 Å². The number of esters is 2. The van der Waals surface area contributed by atoms with Crippen molar-refractivity contribution < 1.29 is 23.8 Å². The Morgan fingerprint density at radius 2 is 1.58 bits per heavy atom. The van der Waals surface area contributed by atoms with Crippen LogP contribution in [0, 0.1) is 0 Å². The third kappa shape index (κ3) is 6.61. The minimum Gasteiger partial charge on any atom is -0.455 e. The summed E-state index contributed by atoms with van der Waals surface area (Å²) in [6.07, 6.45) is 7.11. The fourth-order valence-corrected chi connectivity index (χ4v) is 3.12. The molecular weight excluding hydrogens is 310 g/mol. The quantitative estimate of drug-likeness (QED) is 0.498. The molecule has 6 heteroatoms. The SMILES string of the molecule is CCCC1OC(=O)/C=C/C(=O)OC1CCCCCN1CCOCC1. The van der Waals surface area contributed by atoms with Gasteiger partial charge in [0.15, 0.2) is 0 Å². The lowest BCUT2D eigenvalue weighted by atomic mass is 10.0. The van der Waals surface area contributed by atoms with Gasteiger partial charge >= 0.3 is 11.9 Å². The van der Waals surface area contributed by atoms with Crippen LogP contribution in [-0.2, 0) is 23.8 Å². The number of carbonyl (C=O) groups excluding carboxylic acids is 2. The molecule has 2 aliphatic heterocycles. The molecule has 0 radical (unpaired) electrons. The van der Waals surface area contributed by atoms with Crippen molar-refractivity contribution in [2.75, 3.05) is 32.8 Å². The van der Waals surface area contributed by atoms with E-state index in [0.717, 1.165) is 77.1 Å². The number of nitrogens with zero attached hydrogens (tertiary/aromatic N) is 1. The predicted molar refractivity (Wildman–Crippen MR) is 89.5 cm³/mol. The zero-order valence-corrected chi connectivity index (χ0v) is 14.6. The number of carbonyl (C=O) groups is 2. The van der Waals surface area contributed by atoms with Gasteiger partial charge in [0.05, 0.1) is 13.2 Å². The fourth-order valence-electron chi connectivity index (χ4n) is 3.12. The molecule has 6 nitrogen and oxygen atoms in total. The second-order valence-corrected chi connectivity index (χ2v) is 6.38. The van der Waals surface area contributed by atoms with Crippen molar-refractivity contribution in [3.63, 3.8) is 0 Å². The van der Waals surface area contributed by atoms with Crippen LogP contribution in [0.25, 0.3) is 0 Å². The van der Waals surface area contributed by atoms with Gasteiger partial charge in [-0.15, -0.1) is 0 Å². The third-order valence-corrected chi connectivity index (χ3v) is 4.45. The van der Waals surface area contributed by atoms with E-state index in [9.17, 15) is 9.59 Å². The number of morpholine rings is 1. The summed E-state index contributed by atoms with van der Waals surface area (Å²) >= 11 is 0. The Balaban J connectivity index is 1.73. The molecule has 2 rings (SSSR count). The van der Waals surface area contributed by atoms with Crippen molar-refractivity contribution in [2.45, 2.75) is 57.7 Å². The van der Waals surface area contributed by atoms with Crippen molar-refractivity contribution in [3.8, 4) is 0 Å². The average molecular weight is 339 g/mol. The number of cyclic esters (lactones) is 2. The molecule has 2 heterocycles. The second kappa shape index (κ2) is 10.5. The summed E-state index contributed by atoms with van der Waals surface area (Å²) in [5.41, 5.74) is 0. The van der Waals surface area contributed by atoms with Crippen LogP contribution in [0.4, 0.5) is 0 Å². The van der Waals surface area contributed by atoms with Crippen LogP contribution >= 0.6 is 0 Å². The first kappa shape index (κ1) is 18.9. The lowest BCUT2D eigenvalue weighted by Gasteiger charge is -2.28. The summed E-state index contributed by atoms with van der Waals surface area (Å²) in [5, 5.41) is 0. The van der Waals surface area contributed by atoms with Crippen molar-refractivity contribution in [2.24, 2.45) is 0 Å². The third-order valence-electron chi connectivity index (χ3n) is 4.45. The van der Waals surface area contributed by atoms with Crippen LogP contribution in [-0.4, -0.2) is 61.9 Å². The molecule has 1 fully saturated rings. The van der Waals surface area contributed by atoms with Gasteiger partial charge in [0.1, 0.15) is 12.2 Å². The van der Waals surface area contributed by atoms with Gasteiger partial charge in [-0.3, -0.25) is 4.90 Å². The van der Waals surface area contributed by atoms with E-state index in [-0.39, 0.29) is 12.2 Å². The number of unbranched alkanes of at least 4 members (excludes halogenated alkanes) is 2. The Kier molecular flexibility index (Phi) is 8.25. The van der Waals surface area contributed by atoms with E-state index in [0.29, 0.717) is 6.42 Å². The zero-order chi connectivity index (χ0) is 17.2. The van der Waals surface area contributed by atoms with Crippen LogP contribution in [0.3, 0.4) is 0 Å². The van der Waals surface area contributed by atoms with Gasteiger partial charge in [-0.1, -0.05) is 19.8 Å². The van der Waals surface area contributed by atoms with Gasteiger partial charge < -0.3 is 14.2 Å². The first-order valence-electron chi connectivity index (χ1n) is 9.08. The maximum absolute atomic E-state index is 11.7. The highest BCUT2D eigenvalue weighted by molar-refractivity contribution is 5.92. The minimum atomic E-state index is -0.456. The summed E-state index contributed by atoms with van der Waals surface area (Å²) in [5.74, 6) is -0.909. The monoisotopic (exact) mass is 339 g/mol. The maximum atomic E-state index is 11.7. The molecule has 136 valence electrons. The normalized spacial score (nSPS) is 27.0. The summed E-state index contributed by atoms with van der Waals surface area (Å²) < 4.78 is 16.2. The van der Waals surface area contributed by atoms with Crippen molar-refractivity contribution in [3.05, 3.63) is 12.2 Å². The molecule has 0 aromatic heterocycles. The Bertz CT molecular complexity index is 431. The van der Waals surface area contributed by atoms with Crippen LogP contribution in [0.15, 0.2) is 12.2 Å². The van der Waals surface area contributed by atoms with E-state index >= 15 is 0 Å². The molecule has 0 bridgehead atoms. The second-order valence-electron chi connectivity index (χ2n) is 6.38. The molecule has 24 heavy (non-hydrogen) atoms. The van der Waals surface area contributed by atoms with Gasteiger partial charge in [-0.2, -0.15) is 0 Å². The molecule has 0 spiro atoms. The fraction of sp³-hybridized carbons (Fsp3) is 0.778. The predicted octanol–water partition coefficient (Wildman–Crippen LogP) is 2.07. The highest BCUT2D eigenvalue weighted by Crippen LogP contribution is 2.20. The summed E-state index contributed by atoms with van der Waals surface area (Å²) in [6.45, 7) is 6.81. The summed E-state index contributed by atoms with van der Waals surface area (Å²) in [7, 11) is 0.